The lowest BCUT2D eigenvalue weighted by molar-refractivity contribution is -0.185. The van der Waals surface area contributed by atoms with E-state index in [2.05, 4.69) is 6.92 Å². The molecule has 13 heavy (non-hydrogen) atoms. The Kier molecular flexibility index (Phi) is 6.35. The lowest BCUT2D eigenvalue weighted by atomic mass is 10.2. The van der Waals surface area contributed by atoms with Gasteiger partial charge in [0.15, 0.2) is 6.29 Å². The van der Waals surface area contributed by atoms with Crippen molar-refractivity contribution in [1.82, 2.24) is 0 Å². The van der Waals surface area contributed by atoms with Gasteiger partial charge in [0.1, 0.15) is 0 Å². The molecule has 0 aliphatic carbocycles. The molecular formula is C11H24O2. The summed E-state index contributed by atoms with van der Waals surface area (Å²) in [5.74, 6) is 0. The van der Waals surface area contributed by atoms with Gasteiger partial charge in [-0.25, -0.2) is 0 Å². The lowest BCUT2D eigenvalue weighted by Gasteiger charge is -2.24. The molecule has 0 N–H and O–H groups in total. The third-order valence-electron chi connectivity index (χ3n) is 1.62. The second-order valence-corrected chi connectivity index (χ2v) is 4.38. The van der Waals surface area contributed by atoms with Crippen LogP contribution in [0.5, 0.6) is 0 Å². The Balaban J connectivity index is 3.35. The summed E-state index contributed by atoms with van der Waals surface area (Å²) in [4.78, 5) is 0. The number of hydrogen-bond acceptors (Lipinski definition) is 2. The first-order chi connectivity index (χ1) is 5.95. The zero-order chi connectivity index (χ0) is 10.3. The highest BCUT2D eigenvalue weighted by molar-refractivity contribution is 4.58. The van der Waals surface area contributed by atoms with E-state index in [1.54, 1.807) is 0 Å². The van der Waals surface area contributed by atoms with Crippen LogP contribution in [0.3, 0.4) is 0 Å². The minimum Gasteiger partial charge on any atom is -0.353 e. The van der Waals surface area contributed by atoms with Gasteiger partial charge in [-0.3, -0.25) is 0 Å². The van der Waals surface area contributed by atoms with Crippen LogP contribution in [0.4, 0.5) is 0 Å². The molecule has 0 saturated heterocycles. The first-order valence-electron chi connectivity index (χ1n) is 5.25. The highest BCUT2D eigenvalue weighted by Gasteiger charge is 2.14. The van der Waals surface area contributed by atoms with Gasteiger partial charge in [-0.15, -0.1) is 0 Å². The highest BCUT2D eigenvalue weighted by atomic mass is 16.7. The molecule has 0 aliphatic rings. The van der Waals surface area contributed by atoms with Crippen LogP contribution in [-0.4, -0.2) is 18.5 Å². The quantitative estimate of drug-likeness (QED) is 0.470. The van der Waals surface area contributed by atoms with E-state index in [0.717, 1.165) is 13.0 Å². The molecule has 0 bridgehead atoms. The molecule has 0 fully saturated rings. The average Bonchev–Trinajstić information content (AvgIpc) is 1.94. The molecule has 2 heteroatoms. The minimum atomic E-state index is -0.107. The number of rotatable bonds is 6. The standard InChI is InChI=1S/C11H24O2/c1-6-7-8-9-12-10(2)13-11(3,4)5/h10H,6-9H2,1-5H3. The topological polar surface area (TPSA) is 18.5 Å². The smallest absolute Gasteiger partial charge is 0.155 e. The van der Waals surface area contributed by atoms with Crippen LogP contribution in [0.1, 0.15) is 53.9 Å². The summed E-state index contributed by atoms with van der Waals surface area (Å²) in [7, 11) is 0. The van der Waals surface area contributed by atoms with Crippen LogP contribution in [0, 0.1) is 0 Å². The number of unbranched alkanes of at least 4 members (excludes halogenated alkanes) is 2. The van der Waals surface area contributed by atoms with E-state index in [4.69, 9.17) is 9.47 Å². The zero-order valence-electron chi connectivity index (χ0n) is 9.72. The van der Waals surface area contributed by atoms with Gasteiger partial charge in [0.05, 0.1) is 5.60 Å². The van der Waals surface area contributed by atoms with E-state index >= 15 is 0 Å². The maximum absolute atomic E-state index is 5.60. The Hall–Kier alpha value is -0.0800. The van der Waals surface area contributed by atoms with Crippen molar-refractivity contribution in [1.29, 1.82) is 0 Å². The normalized spacial score (nSPS) is 14.5. The Morgan fingerprint density at radius 3 is 2.23 bits per heavy atom. The molecule has 0 rings (SSSR count). The van der Waals surface area contributed by atoms with Gasteiger partial charge in [-0.2, -0.15) is 0 Å². The zero-order valence-corrected chi connectivity index (χ0v) is 9.72. The first kappa shape index (κ1) is 12.9. The molecule has 1 unspecified atom stereocenters. The fourth-order valence-electron chi connectivity index (χ4n) is 1.13. The van der Waals surface area contributed by atoms with Crippen LogP contribution >= 0.6 is 0 Å². The van der Waals surface area contributed by atoms with Crippen molar-refractivity contribution < 1.29 is 9.47 Å². The lowest BCUT2D eigenvalue weighted by Crippen LogP contribution is -2.27. The Morgan fingerprint density at radius 2 is 1.77 bits per heavy atom. The van der Waals surface area contributed by atoms with Crippen molar-refractivity contribution in [3.8, 4) is 0 Å². The molecule has 0 amide bonds. The van der Waals surface area contributed by atoms with Crippen LogP contribution in [-0.2, 0) is 9.47 Å². The molecule has 0 aromatic heterocycles. The number of ether oxygens (including phenoxy) is 2. The first-order valence-corrected chi connectivity index (χ1v) is 5.25. The SMILES string of the molecule is CCCCCOC(C)OC(C)(C)C. The molecule has 0 aromatic carbocycles. The van der Waals surface area contributed by atoms with E-state index in [1.165, 1.54) is 12.8 Å². The van der Waals surface area contributed by atoms with E-state index in [0.29, 0.717) is 0 Å². The number of hydrogen-bond donors (Lipinski definition) is 0. The molecule has 0 saturated carbocycles. The second-order valence-electron chi connectivity index (χ2n) is 4.38. The molecule has 2 nitrogen and oxygen atoms in total. The molecule has 0 aromatic rings. The Bertz CT molecular complexity index is 116. The third-order valence-corrected chi connectivity index (χ3v) is 1.62. The maximum atomic E-state index is 5.60. The Morgan fingerprint density at radius 1 is 1.15 bits per heavy atom. The molecular weight excluding hydrogens is 164 g/mol. The third kappa shape index (κ3) is 9.84. The van der Waals surface area contributed by atoms with Crippen LogP contribution in [0.15, 0.2) is 0 Å². The van der Waals surface area contributed by atoms with Crippen LogP contribution in [0.25, 0.3) is 0 Å². The average molecular weight is 188 g/mol. The van der Waals surface area contributed by atoms with Crippen molar-refractivity contribution in [3.05, 3.63) is 0 Å². The summed E-state index contributed by atoms with van der Waals surface area (Å²) in [6.07, 6.45) is 3.52. The Labute approximate surface area is 82.6 Å². The molecule has 0 spiro atoms. The maximum Gasteiger partial charge on any atom is 0.155 e. The summed E-state index contributed by atoms with van der Waals surface area (Å²) < 4.78 is 11.1. The second kappa shape index (κ2) is 6.39. The molecule has 1 atom stereocenters. The monoisotopic (exact) mass is 188 g/mol. The van der Waals surface area contributed by atoms with Crippen molar-refractivity contribution >= 4 is 0 Å². The van der Waals surface area contributed by atoms with Gasteiger partial charge in [0.25, 0.3) is 0 Å². The molecule has 0 heterocycles. The fraction of sp³-hybridized carbons (Fsp3) is 1.00. The summed E-state index contributed by atoms with van der Waals surface area (Å²) >= 11 is 0. The minimum absolute atomic E-state index is 0.0862. The van der Waals surface area contributed by atoms with Gasteiger partial charge >= 0.3 is 0 Å². The molecule has 0 aliphatic heterocycles. The summed E-state index contributed by atoms with van der Waals surface area (Å²) in [6.45, 7) is 11.1. The van der Waals surface area contributed by atoms with Crippen molar-refractivity contribution in [2.24, 2.45) is 0 Å². The van der Waals surface area contributed by atoms with Crippen LogP contribution < -0.4 is 0 Å². The van der Waals surface area contributed by atoms with Crippen molar-refractivity contribution in [2.75, 3.05) is 6.61 Å². The summed E-state index contributed by atoms with van der Waals surface area (Å²) in [5.41, 5.74) is -0.107. The van der Waals surface area contributed by atoms with E-state index in [-0.39, 0.29) is 11.9 Å². The van der Waals surface area contributed by atoms with E-state index in [1.807, 2.05) is 27.7 Å². The van der Waals surface area contributed by atoms with E-state index in [9.17, 15) is 0 Å². The highest BCUT2D eigenvalue weighted by Crippen LogP contribution is 2.11. The van der Waals surface area contributed by atoms with Gasteiger partial charge in [-0.1, -0.05) is 19.8 Å². The van der Waals surface area contributed by atoms with Crippen molar-refractivity contribution in [3.63, 3.8) is 0 Å². The van der Waals surface area contributed by atoms with Gasteiger partial charge in [0, 0.05) is 6.61 Å². The molecule has 80 valence electrons. The van der Waals surface area contributed by atoms with E-state index < -0.39 is 0 Å². The summed E-state index contributed by atoms with van der Waals surface area (Å²) in [5, 5.41) is 0. The predicted molar refractivity (Wildman–Crippen MR) is 55.8 cm³/mol. The summed E-state index contributed by atoms with van der Waals surface area (Å²) in [6, 6.07) is 0. The van der Waals surface area contributed by atoms with Crippen LogP contribution in [0.2, 0.25) is 0 Å². The predicted octanol–water partition coefficient (Wildman–Crippen LogP) is 3.35. The molecule has 0 radical (unpaired) electrons. The fourth-order valence-corrected chi connectivity index (χ4v) is 1.13. The van der Waals surface area contributed by atoms with Gasteiger partial charge < -0.3 is 9.47 Å². The van der Waals surface area contributed by atoms with Crippen molar-refractivity contribution in [2.45, 2.75) is 65.8 Å². The van der Waals surface area contributed by atoms with Gasteiger partial charge in [0.2, 0.25) is 0 Å². The largest absolute Gasteiger partial charge is 0.353 e. The van der Waals surface area contributed by atoms with Gasteiger partial charge in [-0.05, 0) is 34.1 Å².